The normalized spacial score (nSPS) is 23.9. The molecule has 1 saturated carbocycles. The van der Waals surface area contributed by atoms with Crippen molar-refractivity contribution in [2.24, 2.45) is 0 Å². The van der Waals surface area contributed by atoms with Gasteiger partial charge in [-0.25, -0.2) is 0 Å². The lowest BCUT2D eigenvalue weighted by Gasteiger charge is -2.28. The lowest BCUT2D eigenvalue weighted by molar-refractivity contribution is -0.133. The summed E-state index contributed by atoms with van der Waals surface area (Å²) in [5, 5.41) is 1.35. The first-order chi connectivity index (χ1) is 10.7. The average molecular weight is 338 g/mol. The second kappa shape index (κ2) is 6.84. The molecule has 1 unspecified atom stereocenters. The molecule has 2 aliphatic rings. The number of likely N-dealkylation sites (tertiary alicyclic amines) is 1. The number of nitrogens with zero attached hydrogens (tertiary/aromatic N) is 1. The Balaban J connectivity index is 1.75. The fraction of sp³-hybridized carbons (Fsp3) is 0.611. The maximum Gasteiger partial charge on any atom is 0.233 e. The van der Waals surface area contributed by atoms with Crippen molar-refractivity contribution < 1.29 is 4.79 Å². The monoisotopic (exact) mass is 337 g/mol. The van der Waals surface area contributed by atoms with Gasteiger partial charge in [0, 0.05) is 23.4 Å². The van der Waals surface area contributed by atoms with E-state index in [2.05, 4.69) is 11.8 Å². The number of benzene rings is 1. The fourth-order valence-electron chi connectivity index (χ4n) is 3.48. The van der Waals surface area contributed by atoms with Gasteiger partial charge in [0.2, 0.25) is 5.91 Å². The summed E-state index contributed by atoms with van der Waals surface area (Å²) in [5.74, 6) is 1.48. The highest BCUT2D eigenvalue weighted by atomic mass is 35.5. The van der Waals surface area contributed by atoms with Crippen molar-refractivity contribution in [1.82, 2.24) is 4.90 Å². The Morgan fingerprint density at radius 3 is 2.68 bits per heavy atom. The topological polar surface area (TPSA) is 20.3 Å². The summed E-state index contributed by atoms with van der Waals surface area (Å²) in [6.07, 6.45) is 5.60. The van der Waals surface area contributed by atoms with Crippen LogP contribution in [0.1, 0.15) is 44.6 Å². The van der Waals surface area contributed by atoms with Gasteiger partial charge in [-0.1, -0.05) is 37.1 Å². The van der Waals surface area contributed by atoms with Crippen LogP contribution in [0.25, 0.3) is 0 Å². The molecule has 2 nitrogen and oxygen atoms in total. The van der Waals surface area contributed by atoms with Gasteiger partial charge in [0.1, 0.15) is 0 Å². The number of amides is 1. The summed E-state index contributed by atoms with van der Waals surface area (Å²) in [6.45, 7) is 4.05. The van der Waals surface area contributed by atoms with Gasteiger partial charge in [-0.2, -0.15) is 11.8 Å². The predicted molar refractivity (Wildman–Crippen MR) is 94.7 cm³/mol. The van der Waals surface area contributed by atoms with E-state index in [0.717, 1.165) is 48.7 Å². The summed E-state index contributed by atoms with van der Waals surface area (Å²) < 4.78 is 0. The third-order valence-electron chi connectivity index (χ3n) is 4.87. The summed E-state index contributed by atoms with van der Waals surface area (Å²) in [4.78, 5) is 15.3. The van der Waals surface area contributed by atoms with E-state index >= 15 is 0 Å². The van der Waals surface area contributed by atoms with Crippen LogP contribution in [0.2, 0.25) is 5.02 Å². The molecular weight excluding hydrogens is 314 g/mol. The van der Waals surface area contributed by atoms with Crippen LogP contribution >= 0.6 is 23.4 Å². The molecular formula is C18H24ClNOS. The number of thioether (sulfide) groups is 1. The lowest BCUT2D eigenvalue weighted by Crippen LogP contribution is -2.42. The summed E-state index contributed by atoms with van der Waals surface area (Å²) in [5.41, 5.74) is 0.891. The molecule has 1 aromatic carbocycles. The molecule has 22 heavy (non-hydrogen) atoms. The second-order valence-electron chi connectivity index (χ2n) is 6.41. The molecule has 2 fully saturated rings. The quantitative estimate of drug-likeness (QED) is 0.805. The third kappa shape index (κ3) is 3.30. The molecule has 1 heterocycles. The molecule has 3 rings (SSSR count). The number of hydrogen-bond donors (Lipinski definition) is 0. The van der Waals surface area contributed by atoms with E-state index in [9.17, 15) is 4.79 Å². The number of rotatable bonds is 4. The number of carbonyl (C=O) groups excluding carboxylic acids is 1. The van der Waals surface area contributed by atoms with Crippen LogP contribution in [0.4, 0.5) is 0 Å². The zero-order valence-corrected chi connectivity index (χ0v) is 14.8. The highest BCUT2D eigenvalue weighted by Gasteiger charge is 2.53. The maximum atomic E-state index is 13.2. The molecule has 4 heteroatoms. The summed E-state index contributed by atoms with van der Waals surface area (Å²) in [7, 11) is 0. The Hall–Kier alpha value is -0.670. The molecule has 0 bridgehead atoms. The van der Waals surface area contributed by atoms with Gasteiger partial charge in [0.15, 0.2) is 0 Å². The van der Waals surface area contributed by atoms with E-state index in [0.29, 0.717) is 11.2 Å². The van der Waals surface area contributed by atoms with Crippen LogP contribution in [0.5, 0.6) is 0 Å². The van der Waals surface area contributed by atoms with E-state index in [1.54, 1.807) is 0 Å². The van der Waals surface area contributed by atoms with Gasteiger partial charge in [-0.05, 0) is 49.1 Å². The van der Waals surface area contributed by atoms with E-state index in [1.807, 2.05) is 36.0 Å². The Bertz CT molecular complexity index is 526. The van der Waals surface area contributed by atoms with E-state index in [1.165, 1.54) is 12.8 Å². The summed E-state index contributed by atoms with van der Waals surface area (Å²) >= 11 is 7.99. The molecule has 120 valence electrons. The van der Waals surface area contributed by atoms with E-state index in [-0.39, 0.29) is 5.41 Å². The molecule has 0 N–H and O–H groups in total. The Kier molecular flexibility index (Phi) is 5.03. The average Bonchev–Trinajstić information content (AvgIpc) is 3.32. The minimum absolute atomic E-state index is 0.254. The van der Waals surface area contributed by atoms with Crippen molar-refractivity contribution in [1.29, 1.82) is 0 Å². The molecule has 0 aromatic heterocycles. The standard InChI is InChI=1S/C18H24ClNOS/c1-2-22-16-5-3-4-12-20(13-16)17(21)18(10-11-18)14-6-8-15(19)9-7-14/h6-9,16H,2-5,10-13H2,1H3. The van der Waals surface area contributed by atoms with Gasteiger partial charge >= 0.3 is 0 Å². The highest BCUT2D eigenvalue weighted by Crippen LogP contribution is 2.50. The smallest absolute Gasteiger partial charge is 0.233 e. The zero-order chi connectivity index (χ0) is 15.6. The van der Waals surface area contributed by atoms with Gasteiger partial charge < -0.3 is 4.90 Å². The Morgan fingerprint density at radius 2 is 2.05 bits per heavy atom. The van der Waals surface area contributed by atoms with Crippen LogP contribution in [-0.4, -0.2) is 34.9 Å². The summed E-state index contributed by atoms with van der Waals surface area (Å²) in [6, 6.07) is 7.87. The first kappa shape index (κ1) is 16.2. The van der Waals surface area contributed by atoms with E-state index in [4.69, 9.17) is 11.6 Å². The minimum atomic E-state index is -0.254. The van der Waals surface area contributed by atoms with Crippen LogP contribution in [0.15, 0.2) is 24.3 Å². The van der Waals surface area contributed by atoms with Gasteiger partial charge in [-0.15, -0.1) is 0 Å². The van der Waals surface area contributed by atoms with Crippen molar-refractivity contribution in [2.45, 2.75) is 49.7 Å². The first-order valence-corrected chi connectivity index (χ1v) is 9.75. The van der Waals surface area contributed by atoms with Gasteiger partial charge in [0.05, 0.1) is 5.41 Å². The third-order valence-corrected chi connectivity index (χ3v) is 6.32. The maximum absolute atomic E-state index is 13.2. The van der Waals surface area contributed by atoms with Crippen molar-refractivity contribution >= 4 is 29.3 Å². The Morgan fingerprint density at radius 1 is 1.32 bits per heavy atom. The zero-order valence-electron chi connectivity index (χ0n) is 13.2. The number of hydrogen-bond acceptors (Lipinski definition) is 2. The van der Waals surface area contributed by atoms with Crippen LogP contribution < -0.4 is 0 Å². The van der Waals surface area contributed by atoms with Crippen molar-refractivity contribution in [2.75, 3.05) is 18.8 Å². The molecule has 0 spiro atoms. The van der Waals surface area contributed by atoms with Crippen LogP contribution in [0, 0.1) is 0 Å². The van der Waals surface area contributed by atoms with Crippen molar-refractivity contribution in [3.8, 4) is 0 Å². The molecule has 1 atom stereocenters. The van der Waals surface area contributed by atoms with Gasteiger partial charge in [0.25, 0.3) is 0 Å². The predicted octanol–water partition coefficient (Wildman–Crippen LogP) is 4.51. The van der Waals surface area contributed by atoms with Gasteiger partial charge in [-0.3, -0.25) is 4.79 Å². The second-order valence-corrected chi connectivity index (χ2v) is 8.43. The SMILES string of the molecule is CCSC1CCCCN(C(=O)C2(c3ccc(Cl)cc3)CC2)C1. The molecule has 1 saturated heterocycles. The van der Waals surface area contributed by atoms with Crippen molar-refractivity contribution in [3.05, 3.63) is 34.9 Å². The van der Waals surface area contributed by atoms with Crippen LogP contribution in [-0.2, 0) is 10.2 Å². The van der Waals surface area contributed by atoms with E-state index < -0.39 is 0 Å². The first-order valence-electron chi connectivity index (χ1n) is 8.33. The number of carbonyl (C=O) groups is 1. The molecule has 1 amide bonds. The molecule has 1 aliphatic carbocycles. The highest BCUT2D eigenvalue weighted by molar-refractivity contribution is 7.99. The molecule has 1 aromatic rings. The molecule has 1 aliphatic heterocycles. The largest absolute Gasteiger partial charge is 0.341 e. The molecule has 0 radical (unpaired) electrons. The minimum Gasteiger partial charge on any atom is -0.341 e. The van der Waals surface area contributed by atoms with Crippen LogP contribution in [0.3, 0.4) is 0 Å². The Labute approximate surface area is 142 Å². The fourth-order valence-corrected chi connectivity index (χ4v) is 4.70. The van der Waals surface area contributed by atoms with Crippen molar-refractivity contribution in [3.63, 3.8) is 0 Å². The lowest BCUT2D eigenvalue weighted by atomic mass is 9.94. The number of halogens is 1.